The van der Waals surface area contributed by atoms with E-state index in [4.69, 9.17) is 16.3 Å². The van der Waals surface area contributed by atoms with E-state index in [1.807, 2.05) is 6.07 Å². The second kappa shape index (κ2) is 6.04. The van der Waals surface area contributed by atoms with Gasteiger partial charge in [-0.3, -0.25) is 10.1 Å². The van der Waals surface area contributed by atoms with Crippen molar-refractivity contribution >= 4 is 33.2 Å². The molecule has 0 amide bonds. The summed E-state index contributed by atoms with van der Waals surface area (Å²) in [4.78, 5) is 10.6. The molecular weight excluding hydrogens is 334 g/mol. The maximum absolute atomic E-state index is 11.0. The lowest BCUT2D eigenvalue weighted by Gasteiger charge is -2.08. The number of hydrogen-bond donors (Lipinski definition) is 0. The molecule has 0 aliphatic heterocycles. The molecule has 0 aliphatic carbocycles. The summed E-state index contributed by atoms with van der Waals surface area (Å²) < 4.78 is 6.30. The van der Waals surface area contributed by atoms with Crippen molar-refractivity contribution in [1.82, 2.24) is 0 Å². The fraction of sp³-hybridized carbons (Fsp3) is 0.0769. The van der Waals surface area contributed by atoms with Gasteiger partial charge in [-0.25, -0.2) is 0 Å². The third-order valence-electron chi connectivity index (χ3n) is 2.43. The number of nitro benzene ring substituents is 1. The van der Waals surface area contributed by atoms with Gasteiger partial charge in [-0.05, 0) is 39.7 Å². The summed E-state index contributed by atoms with van der Waals surface area (Å²) in [5.74, 6) is 0.922. The highest BCUT2D eigenvalue weighted by Crippen LogP contribution is 2.35. The minimum atomic E-state index is -0.484. The van der Waals surface area contributed by atoms with Crippen molar-refractivity contribution in [2.24, 2.45) is 0 Å². The summed E-state index contributed by atoms with van der Waals surface area (Å²) in [6, 6.07) is 11.8. The highest BCUT2D eigenvalue weighted by atomic mass is 79.9. The standard InChI is InChI=1S/C13H9BrClNO3/c14-10-3-1-2-4-12(10)19-13-6-5-9(8-15)7-11(13)16(17)18/h1-7H,8H2. The van der Waals surface area contributed by atoms with Gasteiger partial charge >= 0.3 is 5.69 Å². The van der Waals surface area contributed by atoms with E-state index in [2.05, 4.69) is 15.9 Å². The van der Waals surface area contributed by atoms with Crippen molar-refractivity contribution in [3.05, 3.63) is 62.6 Å². The fourth-order valence-corrected chi connectivity index (χ4v) is 2.05. The van der Waals surface area contributed by atoms with E-state index in [0.717, 1.165) is 4.47 Å². The Morgan fingerprint density at radius 2 is 1.95 bits per heavy atom. The zero-order valence-electron chi connectivity index (χ0n) is 9.68. The molecular formula is C13H9BrClNO3. The first-order valence-electron chi connectivity index (χ1n) is 5.37. The normalized spacial score (nSPS) is 10.2. The molecule has 98 valence electrons. The molecule has 0 aliphatic rings. The van der Waals surface area contributed by atoms with Gasteiger partial charge in [0.2, 0.25) is 5.75 Å². The van der Waals surface area contributed by atoms with Crippen molar-refractivity contribution in [3.8, 4) is 11.5 Å². The van der Waals surface area contributed by atoms with Crippen molar-refractivity contribution < 1.29 is 9.66 Å². The summed E-state index contributed by atoms with van der Waals surface area (Å²) in [6.07, 6.45) is 0. The Morgan fingerprint density at radius 1 is 1.21 bits per heavy atom. The minimum absolute atomic E-state index is 0.103. The van der Waals surface area contributed by atoms with Gasteiger partial charge < -0.3 is 4.74 Å². The van der Waals surface area contributed by atoms with Crippen molar-refractivity contribution in [1.29, 1.82) is 0 Å². The Hall–Kier alpha value is -1.59. The second-order valence-corrected chi connectivity index (χ2v) is 4.85. The number of benzene rings is 2. The maximum atomic E-state index is 11.0. The lowest BCUT2D eigenvalue weighted by Crippen LogP contribution is -1.95. The Balaban J connectivity index is 2.40. The number of alkyl halides is 1. The van der Waals surface area contributed by atoms with Crippen LogP contribution < -0.4 is 4.74 Å². The van der Waals surface area contributed by atoms with Crippen LogP contribution in [0.2, 0.25) is 0 Å². The zero-order valence-corrected chi connectivity index (χ0v) is 12.0. The molecule has 0 N–H and O–H groups in total. The van der Waals surface area contributed by atoms with Crippen LogP contribution in [0.15, 0.2) is 46.9 Å². The molecule has 0 saturated heterocycles. The number of hydrogen-bond acceptors (Lipinski definition) is 3. The van der Waals surface area contributed by atoms with Crippen LogP contribution in [0, 0.1) is 10.1 Å². The molecule has 0 radical (unpaired) electrons. The Morgan fingerprint density at radius 3 is 2.58 bits per heavy atom. The van der Waals surface area contributed by atoms with Crippen LogP contribution in [-0.4, -0.2) is 4.92 Å². The van der Waals surface area contributed by atoms with Crippen LogP contribution in [-0.2, 0) is 5.88 Å². The average molecular weight is 343 g/mol. The largest absolute Gasteiger partial charge is 0.449 e. The van der Waals surface area contributed by atoms with E-state index in [0.29, 0.717) is 11.3 Å². The third kappa shape index (κ3) is 3.24. The molecule has 0 unspecified atom stereocenters. The lowest BCUT2D eigenvalue weighted by atomic mass is 10.2. The van der Waals surface area contributed by atoms with Crippen LogP contribution in [0.3, 0.4) is 0 Å². The van der Waals surface area contributed by atoms with E-state index < -0.39 is 4.92 Å². The van der Waals surface area contributed by atoms with Gasteiger partial charge in [0.25, 0.3) is 0 Å². The van der Waals surface area contributed by atoms with Gasteiger partial charge in [0.05, 0.1) is 9.40 Å². The van der Waals surface area contributed by atoms with Crippen LogP contribution >= 0.6 is 27.5 Å². The molecule has 19 heavy (non-hydrogen) atoms. The summed E-state index contributed by atoms with van der Waals surface area (Å²) in [7, 11) is 0. The molecule has 0 saturated carbocycles. The highest BCUT2D eigenvalue weighted by molar-refractivity contribution is 9.10. The van der Waals surface area contributed by atoms with Crippen molar-refractivity contribution in [3.63, 3.8) is 0 Å². The first-order valence-corrected chi connectivity index (χ1v) is 6.70. The Labute approximate surface area is 123 Å². The molecule has 6 heteroatoms. The molecule has 0 fully saturated rings. The van der Waals surface area contributed by atoms with Crippen molar-refractivity contribution in [2.75, 3.05) is 0 Å². The first kappa shape index (κ1) is 13.8. The lowest BCUT2D eigenvalue weighted by molar-refractivity contribution is -0.385. The summed E-state index contributed by atoms with van der Waals surface area (Å²) >= 11 is 9.00. The fourth-order valence-electron chi connectivity index (χ4n) is 1.52. The van der Waals surface area contributed by atoms with Gasteiger partial charge in [0.15, 0.2) is 0 Å². The summed E-state index contributed by atoms with van der Waals surface area (Å²) in [5, 5.41) is 11.0. The monoisotopic (exact) mass is 341 g/mol. The smallest absolute Gasteiger partial charge is 0.311 e. The molecule has 2 rings (SSSR count). The number of ether oxygens (including phenoxy) is 1. The maximum Gasteiger partial charge on any atom is 0.311 e. The van der Waals surface area contributed by atoms with Crippen LogP contribution in [0.4, 0.5) is 5.69 Å². The zero-order chi connectivity index (χ0) is 13.8. The topological polar surface area (TPSA) is 52.4 Å². The average Bonchev–Trinajstić information content (AvgIpc) is 2.41. The molecule has 4 nitrogen and oxygen atoms in total. The number of para-hydroxylation sites is 1. The molecule has 0 spiro atoms. The van der Waals surface area contributed by atoms with E-state index in [1.54, 1.807) is 30.3 Å². The van der Waals surface area contributed by atoms with Gasteiger partial charge in [-0.15, -0.1) is 11.6 Å². The molecule has 0 bridgehead atoms. The minimum Gasteiger partial charge on any atom is -0.449 e. The Kier molecular flexibility index (Phi) is 4.39. The molecule has 0 atom stereocenters. The number of nitro groups is 1. The molecule has 0 aromatic heterocycles. The van der Waals surface area contributed by atoms with E-state index >= 15 is 0 Å². The number of nitrogens with zero attached hydrogens (tertiary/aromatic N) is 1. The van der Waals surface area contributed by atoms with Gasteiger partial charge in [0.1, 0.15) is 5.75 Å². The summed E-state index contributed by atoms with van der Waals surface area (Å²) in [5.41, 5.74) is 0.571. The van der Waals surface area contributed by atoms with E-state index in [9.17, 15) is 10.1 Å². The molecule has 2 aromatic carbocycles. The van der Waals surface area contributed by atoms with Crippen LogP contribution in [0.25, 0.3) is 0 Å². The van der Waals surface area contributed by atoms with E-state index in [1.165, 1.54) is 6.07 Å². The Bertz CT molecular complexity index is 619. The molecule has 2 aromatic rings. The van der Waals surface area contributed by atoms with Crippen molar-refractivity contribution in [2.45, 2.75) is 5.88 Å². The van der Waals surface area contributed by atoms with Crippen LogP contribution in [0.1, 0.15) is 5.56 Å². The second-order valence-electron chi connectivity index (χ2n) is 3.73. The first-order chi connectivity index (χ1) is 9.11. The predicted octanol–water partition coefficient (Wildman–Crippen LogP) is 4.89. The highest BCUT2D eigenvalue weighted by Gasteiger charge is 2.17. The summed E-state index contributed by atoms with van der Waals surface area (Å²) in [6.45, 7) is 0. The number of rotatable bonds is 4. The quantitative estimate of drug-likeness (QED) is 0.451. The van der Waals surface area contributed by atoms with Gasteiger partial charge in [-0.2, -0.15) is 0 Å². The van der Waals surface area contributed by atoms with E-state index in [-0.39, 0.29) is 17.3 Å². The predicted molar refractivity (Wildman–Crippen MR) is 76.9 cm³/mol. The molecule has 0 heterocycles. The van der Waals surface area contributed by atoms with Gasteiger partial charge in [-0.1, -0.05) is 18.2 Å². The SMILES string of the molecule is O=[N+]([O-])c1cc(CCl)ccc1Oc1ccccc1Br. The third-order valence-corrected chi connectivity index (χ3v) is 3.39. The van der Waals surface area contributed by atoms with Crippen LogP contribution in [0.5, 0.6) is 11.5 Å². The van der Waals surface area contributed by atoms with Gasteiger partial charge in [0, 0.05) is 11.9 Å². The number of halogens is 2.